The van der Waals surface area contributed by atoms with Crippen molar-refractivity contribution < 1.29 is 14.7 Å². The summed E-state index contributed by atoms with van der Waals surface area (Å²) in [6.07, 6.45) is 5.60. The smallest absolute Gasteiger partial charge is 0.303 e. The Bertz CT molecular complexity index is 387. The Kier molecular flexibility index (Phi) is 5.19. The lowest BCUT2D eigenvalue weighted by atomic mass is 10.2. The molecule has 0 atom stereocenters. The molecule has 0 aliphatic carbocycles. The maximum absolute atomic E-state index is 11.5. The number of unbranched alkanes of at least 4 members (excludes halogenated alkanes) is 2. The van der Waals surface area contributed by atoms with Crippen LogP contribution in [0.15, 0.2) is 12.4 Å². The number of aliphatic carboxylic acids is 1. The molecule has 0 spiro atoms. The van der Waals surface area contributed by atoms with E-state index in [1.807, 2.05) is 0 Å². The van der Waals surface area contributed by atoms with Gasteiger partial charge in [0.05, 0.1) is 11.8 Å². The standard InChI is InChI=1S/C11H17N3O3/c1-14-8-9(7-13-14)11(17)12-6-4-2-3-5-10(15)16/h7-8H,2-6H2,1H3,(H,12,17)(H,15,16). The van der Waals surface area contributed by atoms with Crippen LogP contribution in [0.2, 0.25) is 0 Å². The second kappa shape index (κ2) is 6.67. The van der Waals surface area contributed by atoms with Crippen LogP contribution in [0.5, 0.6) is 0 Å². The zero-order valence-corrected chi connectivity index (χ0v) is 9.85. The second-order valence-electron chi connectivity index (χ2n) is 3.86. The van der Waals surface area contributed by atoms with E-state index in [0.717, 1.165) is 12.8 Å². The second-order valence-corrected chi connectivity index (χ2v) is 3.86. The van der Waals surface area contributed by atoms with E-state index in [9.17, 15) is 9.59 Å². The maximum atomic E-state index is 11.5. The first-order valence-corrected chi connectivity index (χ1v) is 5.58. The highest BCUT2D eigenvalue weighted by atomic mass is 16.4. The van der Waals surface area contributed by atoms with Crippen molar-refractivity contribution in [2.75, 3.05) is 6.54 Å². The average Bonchev–Trinajstić information content (AvgIpc) is 2.69. The molecular formula is C11H17N3O3. The van der Waals surface area contributed by atoms with Crippen molar-refractivity contribution in [2.45, 2.75) is 25.7 Å². The Hall–Kier alpha value is -1.85. The van der Waals surface area contributed by atoms with Crippen LogP contribution in [0, 0.1) is 0 Å². The molecule has 0 fully saturated rings. The van der Waals surface area contributed by atoms with Crippen molar-refractivity contribution >= 4 is 11.9 Å². The van der Waals surface area contributed by atoms with Crippen LogP contribution in [-0.4, -0.2) is 33.3 Å². The van der Waals surface area contributed by atoms with Crippen molar-refractivity contribution in [3.63, 3.8) is 0 Å². The summed E-state index contributed by atoms with van der Waals surface area (Å²) < 4.78 is 1.57. The van der Waals surface area contributed by atoms with Gasteiger partial charge in [-0.2, -0.15) is 5.10 Å². The van der Waals surface area contributed by atoms with Crippen molar-refractivity contribution in [3.8, 4) is 0 Å². The highest BCUT2D eigenvalue weighted by molar-refractivity contribution is 5.93. The molecule has 1 rings (SSSR count). The van der Waals surface area contributed by atoms with E-state index in [1.54, 1.807) is 17.9 Å². The molecule has 0 aromatic carbocycles. The van der Waals surface area contributed by atoms with E-state index in [2.05, 4.69) is 10.4 Å². The van der Waals surface area contributed by atoms with Crippen LogP contribution in [0.4, 0.5) is 0 Å². The molecule has 0 aliphatic rings. The van der Waals surface area contributed by atoms with Gasteiger partial charge in [-0.25, -0.2) is 0 Å². The average molecular weight is 239 g/mol. The summed E-state index contributed by atoms with van der Waals surface area (Å²) >= 11 is 0. The number of aromatic nitrogens is 2. The fraction of sp³-hybridized carbons (Fsp3) is 0.545. The molecule has 1 aromatic heterocycles. The van der Waals surface area contributed by atoms with Crippen molar-refractivity contribution in [3.05, 3.63) is 18.0 Å². The predicted octanol–water partition coefficient (Wildman–Crippen LogP) is 0.795. The summed E-state index contributed by atoms with van der Waals surface area (Å²) in [5.41, 5.74) is 0.540. The molecule has 0 saturated heterocycles. The van der Waals surface area contributed by atoms with Gasteiger partial charge in [0, 0.05) is 26.2 Å². The molecule has 6 heteroatoms. The van der Waals surface area contributed by atoms with Gasteiger partial charge in [-0.3, -0.25) is 14.3 Å². The van der Waals surface area contributed by atoms with E-state index in [1.165, 1.54) is 6.20 Å². The lowest BCUT2D eigenvalue weighted by molar-refractivity contribution is -0.137. The Morgan fingerprint density at radius 3 is 2.76 bits per heavy atom. The molecule has 0 bridgehead atoms. The summed E-state index contributed by atoms with van der Waals surface area (Å²) in [6, 6.07) is 0. The zero-order chi connectivity index (χ0) is 12.7. The molecule has 2 N–H and O–H groups in total. The first-order chi connectivity index (χ1) is 8.09. The summed E-state index contributed by atoms with van der Waals surface area (Å²) in [7, 11) is 1.75. The number of carboxylic acids is 1. The van der Waals surface area contributed by atoms with Crippen molar-refractivity contribution in [1.82, 2.24) is 15.1 Å². The molecule has 1 aromatic rings. The first-order valence-electron chi connectivity index (χ1n) is 5.58. The van der Waals surface area contributed by atoms with Crippen LogP contribution in [0.1, 0.15) is 36.0 Å². The number of nitrogens with zero attached hydrogens (tertiary/aromatic N) is 2. The number of hydrogen-bond donors (Lipinski definition) is 2. The van der Waals surface area contributed by atoms with Gasteiger partial charge in [0.2, 0.25) is 0 Å². The Balaban J connectivity index is 2.11. The minimum Gasteiger partial charge on any atom is -0.481 e. The maximum Gasteiger partial charge on any atom is 0.303 e. The number of rotatable bonds is 7. The lowest BCUT2D eigenvalue weighted by Crippen LogP contribution is -2.24. The fourth-order valence-corrected chi connectivity index (χ4v) is 1.42. The molecule has 6 nitrogen and oxygen atoms in total. The number of carboxylic acid groups (broad SMARTS) is 1. The van der Waals surface area contributed by atoms with Gasteiger partial charge in [-0.1, -0.05) is 6.42 Å². The monoisotopic (exact) mass is 239 g/mol. The van der Waals surface area contributed by atoms with E-state index in [-0.39, 0.29) is 12.3 Å². The molecule has 0 aliphatic heterocycles. The third kappa shape index (κ3) is 5.14. The van der Waals surface area contributed by atoms with Gasteiger partial charge in [0.25, 0.3) is 5.91 Å². The molecule has 0 saturated carbocycles. The fourth-order valence-electron chi connectivity index (χ4n) is 1.42. The number of aryl methyl sites for hydroxylation is 1. The predicted molar refractivity (Wildman–Crippen MR) is 61.6 cm³/mol. The summed E-state index contributed by atoms with van der Waals surface area (Å²) in [4.78, 5) is 21.8. The summed E-state index contributed by atoms with van der Waals surface area (Å²) in [5.74, 6) is -0.916. The van der Waals surface area contributed by atoms with Crippen LogP contribution < -0.4 is 5.32 Å². The summed E-state index contributed by atoms with van der Waals surface area (Å²) in [5, 5.41) is 15.1. The van der Waals surface area contributed by atoms with E-state index in [0.29, 0.717) is 18.5 Å². The number of amides is 1. The SMILES string of the molecule is Cn1cc(C(=O)NCCCCCC(=O)O)cn1. The van der Waals surface area contributed by atoms with E-state index < -0.39 is 5.97 Å². The first kappa shape index (κ1) is 13.2. The highest BCUT2D eigenvalue weighted by Gasteiger charge is 2.06. The molecule has 94 valence electrons. The third-order valence-corrected chi connectivity index (χ3v) is 2.32. The van der Waals surface area contributed by atoms with Crippen LogP contribution in [0.25, 0.3) is 0 Å². The number of carbonyl (C=O) groups is 2. The van der Waals surface area contributed by atoms with Gasteiger partial charge in [-0.05, 0) is 12.8 Å². The molecule has 17 heavy (non-hydrogen) atoms. The van der Waals surface area contributed by atoms with Crippen LogP contribution in [0.3, 0.4) is 0 Å². The normalized spacial score (nSPS) is 10.2. The largest absolute Gasteiger partial charge is 0.481 e. The van der Waals surface area contributed by atoms with Gasteiger partial charge < -0.3 is 10.4 Å². The van der Waals surface area contributed by atoms with Crippen molar-refractivity contribution in [1.29, 1.82) is 0 Å². The summed E-state index contributed by atoms with van der Waals surface area (Å²) in [6.45, 7) is 0.563. The van der Waals surface area contributed by atoms with E-state index >= 15 is 0 Å². The number of hydrogen-bond acceptors (Lipinski definition) is 3. The zero-order valence-electron chi connectivity index (χ0n) is 9.85. The number of carbonyl (C=O) groups excluding carboxylic acids is 1. The van der Waals surface area contributed by atoms with Gasteiger partial charge in [-0.15, -0.1) is 0 Å². The quantitative estimate of drug-likeness (QED) is 0.689. The topological polar surface area (TPSA) is 84.2 Å². The minimum absolute atomic E-state index is 0.142. The Morgan fingerprint density at radius 1 is 1.41 bits per heavy atom. The highest BCUT2D eigenvalue weighted by Crippen LogP contribution is 2.00. The lowest BCUT2D eigenvalue weighted by Gasteiger charge is -2.02. The minimum atomic E-state index is -0.774. The molecule has 0 unspecified atom stereocenters. The molecule has 1 heterocycles. The Labute approximate surface area is 99.6 Å². The van der Waals surface area contributed by atoms with E-state index in [4.69, 9.17) is 5.11 Å². The molecule has 1 amide bonds. The number of nitrogens with one attached hydrogen (secondary N) is 1. The van der Waals surface area contributed by atoms with Gasteiger partial charge >= 0.3 is 5.97 Å². The molecule has 0 radical (unpaired) electrons. The van der Waals surface area contributed by atoms with Gasteiger partial charge in [0.15, 0.2) is 0 Å². The van der Waals surface area contributed by atoms with Crippen LogP contribution in [-0.2, 0) is 11.8 Å². The van der Waals surface area contributed by atoms with Crippen LogP contribution >= 0.6 is 0 Å². The Morgan fingerprint density at radius 2 is 2.18 bits per heavy atom. The molecular weight excluding hydrogens is 222 g/mol. The van der Waals surface area contributed by atoms with Gasteiger partial charge in [0.1, 0.15) is 0 Å². The third-order valence-electron chi connectivity index (χ3n) is 2.32. The van der Waals surface area contributed by atoms with Crippen molar-refractivity contribution in [2.24, 2.45) is 7.05 Å².